The normalized spacial score (nSPS) is 24.8. The number of benzene rings is 1. The third-order valence-electron chi connectivity index (χ3n) is 4.44. The highest BCUT2D eigenvalue weighted by Crippen LogP contribution is 2.40. The SMILES string of the molecule is CC1(C)CC(=O)[C@H]2C(c3cc([N+](=O)[O-])cc([N+](=O)[O-])c3)=NN[C@@H]2C1. The van der Waals surface area contributed by atoms with Gasteiger partial charge in [-0.1, -0.05) is 13.8 Å². The molecule has 0 amide bonds. The molecule has 1 aliphatic carbocycles. The summed E-state index contributed by atoms with van der Waals surface area (Å²) in [7, 11) is 0. The fourth-order valence-corrected chi connectivity index (χ4v) is 3.47. The standard InChI is InChI=1S/C15H16N4O5/c1-15(2)6-11-13(12(20)7-15)14(17-16-11)8-3-9(18(21)22)5-10(4-8)19(23)24/h3-5,11,13,16H,6-7H2,1-2H3/t11-,13+/m1/s1. The molecule has 1 N–H and O–H groups in total. The quantitative estimate of drug-likeness (QED) is 0.667. The van der Waals surface area contributed by atoms with E-state index < -0.39 is 27.1 Å². The van der Waals surface area contributed by atoms with E-state index in [1.165, 1.54) is 12.1 Å². The molecule has 3 rings (SSSR count). The largest absolute Gasteiger partial charge is 0.306 e. The third kappa shape index (κ3) is 2.72. The van der Waals surface area contributed by atoms with Crippen molar-refractivity contribution in [3.05, 3.63) is 44.0 Å². The first-order valence-corrected chi connectivity index (χ1v) is 7.48. The molecule has 1 aromatic rings. The molecule has 1 aromatic carbocycles. The van der Waals surface area contributed by atoms with Crippen molar-refractivity contribution in [3.8, 4) is 0 Å². The number of carbonyl (C=O) groups is 1. The van der Waals surface area contributed by atoms with Crippen LogP contribution in [0.15, 0.2) is 23.3 Å². The van der Waals surface area contributed by atoms with E-state index in [0.29, 0.717) is 12.1 Å². The number of nitro benzene ring substituents is 2. The van der Waals surface area contributed by atoms with E-state index >= 15 is 0 Å². The lowest BCUT2D eigenvalue weighted by Gasteiger charge is -2.36. The van der Waals surface area contributed by atoms with Crippen LogP contribution in [0.3, 0.4) is 0 Å². The second-order valence-electron chi connectivity index (χ2n) is 6.97. The summed E-state index contributed by atoms with van der Waals surface area (Å²) in [6, 6.07) is 3.16. The number of Topliss-reactive ketones (excluding diaryl/α,β-unsaturated/α-hetero) is 1. The summed E-state index contributed by atoms with van der Waals surface area (Å²) in [6.07, 6.45) is 1.11. The Kier molecular flexibility index (Phi) is 3.58. The van der Waals surface area contributed by atoms with Crippen molar-refractivity contribution in [2.75, 3.05) is 0 Å². The summed E-state index contributed by atoms with van der Waals surface area (Å²) in [5.41, 5.74) is 2.56. The van der Waals surface area contributed by atoms with Crippen molar-refractivity contribution in [3.63, 3.8) is 0 Å². The predicted octanol–water partition coefficient (Wildman–Crippen LogP) is 2.18. The maximum atomic E-state index is 12.5. The van der Waals surface area contributed by atoms with Gasteiger partial charge in [-0.25, -0.2) is 0 Å². The summed E-state index contributed by atoms with van der Waals surface area (Å²) >= 11 is 0. The molecular weight excluding hydrogens is 316 g/mol. The maximum absolute atomic E-state index is 12.5. The molecule has 1 heterocycles. The van der Waals surface area contributed by atoms with Gasteiger partial charge in [-0.05, 0) is 11.8 Å². The summed E-state index contributed by atoms with van der Waals surface area (Å²) in [4.78, 5) is 33.2. The number of hydrogen-bond acceptors (Lipinski definition) is 7. The summed E-state index contributed by atoms with van der Waals surface area (Å²) in [5.74, 6) is -0.534. The molecule has 1 saturated carbocycles. The van der Waals surface area contributed by atoms with Gasteiger partial charge in [0.05, 0.1) is 33.6 Å². The van der Waals surface area contributed by atoms with Gasteiger partial charge in [0.25, 0.3) is 11.4 Å². The van der Waals surface area contributed by atoms with Gasteiger partial charge in [-0.3, -0.25) is 25.0 Å². The number of rotatable bonds is 3. The van der Waals surface area contributed by atoms with Crippen LogP contribution in [0.1, 0.15) is 32.3 Å². The van der Waals surface area contributed by atoms with Gasteiger partial charge in [0.1, 0.15) is 5.78 Å². The van der Waals surface area contributed by atoms with Crippen LogP contribution >= 0.6 is 0 Å². The second kappa shape index (κ2) is 5.36. The number of ketones is 1. The van der Waals surface area contributed by atoms with Crippen LogP contribution in [-0.2, 0) is 4.79 Å². The highest BCUT2D eigenvalue weighted by molar-refractivity contribution is 6.16. The van der Waals surface area contributed by atoms with Gasteiger partial charge < -0.3 is 5.43 Å². The van der Waals surface area contributed by atoms with E-state index in [9.17, 15) is 25.0 Å². The molecule has 0 radical (unpaired) electrons. The lowest BCUT2D eigenvalue weighted by atomic mass is 9.68. The fraction of sp³-hybridized carbons (Fsp3) is 0.467. The van der Waals surface area contributed by atoms with Gasteiger partial charge in [-0.15, -0.1) is 0 Å². The smallest absolute Gasteiger partial charge is 0.276 e. The van der Waals surface area contributed by atoms with Crippen LogP contribution in [0.25, 0.3) is 0 Å². The van der Waals surface area contributed by atoms with Crippen LogP contribution in [0.2, 0.25) is 0 Å². The van der Waals surface area contributed by atoms with Crippen molar-refractivity contribution in [2.24, 2.45) is 16.4 Å². The molecular formula is C15H16N4O5. The Labute approximate surface area is 137 Å². The molecule has 1 aliphatic heterocycles. The average molecular weight is 332 g/mol. The van der Waals surface area contributed by atoms with Crippen LogP contribution < -0.4 is 5.43 Å². The van der Waals surface area contributed by atoms with Crippen molar-refractivity contribution >= 4 is 22.9 Å². The molecule has 0 saturated heterocycles. The van der Waals surface area contributed by atoms with E-state index in [0.717, 1.165) is 12.5 Å². The van der Waals surface area contributed by atoms with Gasteiger partial charge in [0, 0.05) is 24.1 Å². The van der Waals surface area contributed by atoms with Crippen LogP contribution in [-0.4, -0.2) is 27.4 Å². The molecule has 9 heteroatoms. The van der Waals surface area contributed by atoms with E-state index in [2.05, 4.69) is 10.5 Å². The zero-order valence-electron chi connectivity index (χ0n) is 13.2. The molecule has 1 fully saturated rings. The van der Waals surface area contributed by atoms with Gasteiger partial charge in [0.15, 0.2) is 0 Å². The molecule has 0 unspecified atom stereocenters. The van der Waals surface area contributed by atoms with Gasteiger partial charge in [-0.2, -0.15) is 5.10 Å². The third-order valence-corrected chi connectivity index (χ3v) is 4.44. The number of nitro groups is 2. The van der Waals surface area contributed by atoms with Crippen LogP contribution in [0, 0.1) is 31.6 Å². The summed E-state index contributed by atoms with van der Waals surface area (Å²) < 4.78 is 0. The lowest BCUT2D eigenvalue weighted by Crippen LogP contribution is -2.45. The van der Waals surface area contributed by atoms with Crippen molar-refractivity contribution < 1.29 is 14.6 Å². The number of nitrogens with zero attached hydrogens (tertiary/aromatic N) is 3. The van der Waals surface area contributed by atoms with E-state index in [-0.39, 0.29) is 22.8 Å². The minimum absolute atomic E-state index is 0.00541. The zero-order chi connectivity index (χ0) is 17.6. The Morgan fingerprint density at radius 3 is 2.29 bits per heavy atom. The predicted molar refractivity (Wildman–Crippen MR) is 84.7 cm³/mol. The molecule has 24 heavy (non-hydrogen) atoms. The molecule has 0 bridgehead atoms. The van der Waals surface area contributed by atoms with E-state index in [1.807, 2.05) is 13.8 Å². The first-order chi connectivity index (χ1) is 11.2. The average Bonchev–Trinajstić information content (AvgIpc) is 2.89. The molecule has 9 nitrogen and oxygen atoms in total. The van der Waals surface area contributed by atoms with E-state index in [1.54, 1.807) is 0 Å². The monoisotopic (exact) mass is 332 g/mol. The van der Waals surface area contributed by atoms with Crippen LogP contribution in [0.5, 0.6) is 0 Å². The molecule has 0 aromatic heterocycles. The minimum Gasteiger partial charge on any atom is -0.306 e. The highest BCUT2D eigenvalue weighted by Gasteiger charge is 2.46. The topological polar surface area (TPSA) is 128 Å². The number of nitrogens with one attached hydrogen (secondary N) is 1. The Morgan fingerprint density at radius 2 is 1.75 bits per heavy atom. The van der Waals surface area contributed by atoms with Crippen LogP contribution in [0.4, 0.5) is 11.4 Å². The minimum atomic E-state index is -0.692. The Morgan fingerprint density at radius 1 is 1.17 bits per heavy atom. The molecule has 2 aliphatic rings. The number of hydrazone groups is 1. The fourth-order valence-electron chi connectivity index (χ4n) is 3.47. The highest BCUT2D eigenvalue weighted by atomic mass is 16.6. The van der Waals surface area contributed by atoms with Crippen molar-refractivity contribution in [1.82, 2.24) is 5.43 Å². The first-order valence-electron chi connectivity index (χ1n) is 7.48. The van der Waals surface area contributed by atoms with Gasteiger partial charge >= 0.3 is 0 Å². The second-order valence-corrected chi connectivity index (χ2v) is 6.97. The van der Waals surface area contributed by atoms with Crippen molar-refractivity contribution in [1.29, 1.82) is 0 Å². The Bertz CT molecular complexity index is 754. The molecule has 126 valence electrons. The maximum Gasteiger partial charge on any atom is 0.276 e. The van der Waals surface area contributed by atoms with E-state index in [4.69, 9.17) is 0 Å². The first kappa shape index (κ1) is 16.0. The number of carbonyl (C=O) groups excluding carboxylic acids is 1. The number of non-ortho nitro benzene ring substituents is 2. The summed E-state index contributed by atoms with van der Waals surface area (Å²) in [5, 5.41) is 26.2. The Hall–Kier alpha value is -2.84. The number of hydrogen-bond donors (Lipinski definition) is 1. The Balaban J connectivity index is 2.02. The molecule has 2 atom stereocenters. The lowest BCUT2D eigenvalue weighted by molar-refractivity contribution is -0.394. The summed E-state index contributed by atoms with van der Waals surface area (Å²) in [6.45, 7) is 4.00. The zero-order valence-corrected chi connectivity index (χ0v) is 13.2. The van der Waals surface area contributed by atoms with Gasteiger partial charge in [0.2, 0.25) is 0 Å². The molecule has 0 spiro atoms. The van der Waals surface area contributed by atoms with Crippen molar-refractivity contribution in [2.45, 2.75) is 32.7 Å². The number of fused-ring (bicyclic) bond motifs is 1.